The van der Waals surface area contributed by atoms with Gasteiger partial charge in [0.2, 0.25) is 0 Å². The van der Waals surface area contributed by atoms with Crippen LogP contribution in [-0.2, 0) is 13.0 Å². The zero-order valence-electron chi connectivity index (χ0n) is 15.2. The number of nitrogens with zero attached hydrogens (tertiary/aromatic N) is 1. The molecule has 3 nitrogen and oxygen atoms in total. The minimum Gasteiger partial charge on any atom is -0.493 e. The molecule has 0 aromatic heterocycles. The van der Waals surface area contributed by atoms with E-state index in [1.807, 2.05) is 0 Å². The van der Waals surface area contributed by atoms with Gasteiger partial charge in [-0.15, -0.1) is 0 Å². The molecule has 0 bridgehead atoms. The van der Waals surface area contributed by atoms with Crippen LogP contribution in [0.15, 0.2) is 35.9 Å². The number of methoxy groups -OCH3 is 2. The van der Waals surface area contributed by atoms with Gasteiger partial charge < -0.3 is 9.47 Å². The second-order valence-corrected chi connectivity index (χ2v) is 7.12. The summed E-state index contributed by atoms with van der Waals surface area (Å²) in [5.41, 5.74) is 5.69. The first-order valence-corrected chi connectivity index (χ1v) is 8.90. The quantitative estimate of drug-likeness (QED) is 0.750. The molecular formula is C21H29NO2. The number of benzene rings is 1. The molecule has 0 N–H and O–H groups in total. The monoisotopic (exact) mass is 327 g/mol. The Labute approximate surface area is 146 Å². The lowest BCUT2D eigenvalue weighted by molar-refractivity contribution is 0.268. The van der Waals surface area contributed by atoms with E-state index in [1.54, 1.807) is 19.8 Å². The maximum atomic E-state index is 5.46. The van der Waals surface area contributed by atoms with Crippen molar-refractivity contribution in [2.75, 3.05) is 27.3 Å². The van der Waals surface area contributed by atoms with Gasteiger partial charge in [-0.2, -0.15) is 0 Å². The fourth-order valence-electron chi connectivity index (χ4n) is 3.84. The van der Waals surface area contributed by atoms with Crippen LogP contribution in [0.2, 0.25) is 0 Å². The molecule has 0 saturated heterocycles. The molecule has 0 amide bonds. The average molecular weight is 327 g/mol. The topological polar surface area (TPSA) is 21.7 Å². The number of hydrogen-bond acceptors (Lipinski definition) is 3. The van der Waals surface area contributed by atoms with Gasteiger partial charge in [0.1, 0.15) is 0 Å². The van der Waals surface area contributed by atoms with Crippen molar-refractivity contribution in [1.29, 1.82) is 0 Å². The third kappa shape index (κ3) is 3.67. The maximum Gasteiger partial charge on any atom is 0.161 e. The fourth-order valence-corrected chi connectivity index (χ4v) is 3.84. The van der Waals surface area contributed by atoms with Gasteiger partial charge in [0, 0.05) is 19.6 Å². The van der Waals surface area contributed by atoms with Crippen LogP contribution in [0, 0.1) is 5.92 Å². The molecule has 1 aromatic carbocycles. The van der Waals surface area contributed by atoms with E-state index in [-0.39, 0.29) is 0 Å². The summed E-state index contributed by atoms with van der Waals surface area (Å²) in [7, 11) is 3.41. The maximum absolute atomic E-state index is 5.46. The zero-order valence-corrected chi connectivity index (χ0v) is 15.2. The average Bonchev–Trinajstić information content (AvgIpc) is 2.60. The lowest BCUT2D eigenvalue weighted by Gasteiger charge is -2.32. The molecule has 3 heteroatoms. The molecule has 24 heavy (non-hydrogen) atoms. The lowest BCUT2D eigenvalue weighted by Crippen LogP contribution is -2.32. The third-order valence-electron chi connectivity index (χ3n) is 5.43. The van der Waals surface area contributed by atoms with E-state index < -0.39 is 0 Å². The largest absolute Gasteiger partial charge is 0.493 e. The number of rotatable bonds is 5. The van der Waals surface area contributed by atoms with Gasteiger partial charge in [0.15, 0.2) is 11.5 Å². The summed E-state index contributed by atoms with van der Waals surface area (Å²) in [5.74, 6) is 2.36. The Kier molecular flexibility index (Phi) is 5.30. The van der Waals surface area contributed by atoms with Crippen LogP contribution in [0.4, 0.5) is 0 Å². The first-order chi connectivity index (χ1) is 11.6. The normalized spacial score (nSPS) is 21.0. The summed E-state index contributed by atoms with van der Waals surface area (Å²) in [4.78, 5) is 2.56. The first-order valence-electron chi connectivity index (χ1n) is 8.90. The highest BCUT2D eigenvalue weighted by atomic mass is 16.5. The molecule has 1 aliphatic heterocycles. The highest BCUT2D eigenvalue weighted by Crippen LogP contribution is 2.34. The van der Waals surface area contributed by atoms with Crippen molar-refractivity contribution in [3.05, 3.63) is 47.1 Å². The molecule has 1 aromatic rings. The summed E-state index contributed by atoms with van der Waals surface area (Å²) in [5, 5.41) is 0. The van der Waals surface area contributed by atoms with Crippen molar-refractivity contribution in [2.24, 2.45) is 5.92 Å². The van der Waals surface area contributed by atoms with Gasteiger partial charge in [-0.05, 0) is 61.8 Å². The van der Waals surface area contributed by atoms with Gasteiger partial charge >= 0.3 is 0 Å². The van der Waals surface area contributed by atoms with Crippen LogP contribution in [0.5, 0.6) is 11.5 Å². The summed E-state index contributed by atoms with van der Waals surface area (Å²) < 4.78 is 10.9. The lowest BCUT2D eigenvalue weighted by atomic mass is 9.85. The van der Waals surface area contributed by atoms with E-state index in [9.17, 15) is 0 Å². The van der Waals surface area contributed by atoms with Crippen molar-refractivity contribution < 1.29 is 9.47 Å². The number of allylic oxidation sites excluding steroid dienone is 2. The zero-order chi connectivity index (χ0) is 17.1. The number of hydrogen-bond donors (Lipinski definition) is 0. The molecule has 130 valence electrons. The molecule has 0 radical (unpaired) electrons. The van der Waals surface area contributed by atoms with Gasteiger partial charge in [-0.25, -0.2) is 0 Å². The van der Waals surface area contributed by atoms with Crippen molar-refractivity contribution in [3.63, 3.8) is 0 Å². The van der Waals surface area contributed by atoms with E-state index in [4.69, 9.17) is 9.47 Å². The molecule has 0 saturated carbocycles. The smallest absolute Gasteiger partial charge is 0.161 e. The molecular weight excluding hydrogens is 298 g/mol. The second-order valence-electron chi connectivity index (χ2n) is 7.12. The SMILES string of the molecule is C=C(C)[C@H]1CC=C(CN2CCc3cc(OC)c(OC)cc3C2)CC1. The van der Waals surface area contributed by atoms with Crippen molar-refractivity contribution >= 4 is 0 Å². The van der Waals surface area contributed by atoms with Crippen molar-refractivity contribution in [2.45, 2.75) is 39.2 Å². The molecule has 0 spiro atoms. The first kappa shape index (κ1) is 17.1. The van der Waals surface area contributed by atoms with E-state index in [1.165, 1.54) is 36.0 Å². The molecule has 1 aliphatic carbocycles. The van der Waals surface area contributed by atoms with Crippen LogP contribution in [-0.4, -0.2) is 32.2 Å². The minimum absolute atomic E-state index is 0.688. The Hall–Kier alpha value is -1.74. The standard InChI is InChI=1S/C21H29NO2/c1-15(2)17-7-5-16(6-8-17)13-22-10-9-18-11-20(23-3)21(24-4)12-19(18)14-22/h5,11-12,17H,1,6-10,13-14H2,2-4H3/t17-/m0/s1. The minimum atomic E-state index is 0.688. The Morgan fingerprint density at radius 1 is 1.17 bits per heavy atom. The van der Waals surface area contributed by atoms with Gasteiger partial charge in [0.05, 0.1) is 14.2 Å². The predicted octanol–water partition coefficient (Wildman–Crippen LogP) is 4.36. The molecule has 1 atom stereocenters. The van der Waals surface area contributed by atoms with Gasteiger partial charge in [-0.1, -0.05) is 23.8 Å². The van der Waals surface area contributed by atoms with Crippen molar-refractivity contribution in [1.82, 2.24) is 4.90 Å². The number of fused-ring (bicyclic) bond motifs is 1. The second kappa shape index (κ2) is 7.43. The Balaban J connectivity index is 1.66. The van der Waals surface area contributed by atoms with Crippen molar-refractivity contribution in [3.8, 4) is 11.5 Å². The van der Waals surface area contributed by atoms with E-state index in [2.05, 4.69) is 36.6 Å². The van der Waals surface area contributed by atoms with Gasteiger partial charge in [0.25, 0.3) is 0 Å². The highest BCUT2D eigenvalue weighted by Gasteiger charge is 2.21. The van der Waals surface area contributed by atoms with E-state index >= 15 is 0 Å². The van der Waals surface area contributed by atoms with Crippen LogP contribution in [0.1, 0.15) is 37.3 Å². The Morgan fingerprint density at radius 3 is 2.46 bits per heavy atom. The van der Waals surface area contributed by atoms with E-state index in [0.717, 1.165) is 37.6 Å². The molecule has 1 heterocycles. The summed E-state index contributed by atoms with van der Waals surface area (Å²) in [6.07, 6.45) is 7.17. The Bertz CT molecular complexity index is 647. The summed E-state index contributed by atoms with van der Waals surface area (Å²) >= 11 is 0. The fraction of sp³-hybridized carbons (Fsp3) is 0.524. The molecule has 2 aliphatic rings. The molecule has 3 rings (SSSR count). The molecule has 0 fully saturated rings. The Morgan fingerprint density at radius 2 is 1.88 bits per heavy atom. The number of ether oxygens (including phenoxy) is 2. The highest BCUT2D eigenvalue weighted by molar-refractivity contribution is 5.48. The molecule has 0 unspecified atom stereocenters. The van der Waals surface area contributed by atoms with Crippen LogP contribution in [0.3, 0.4) is 0 Å². The van der Waals surface area contributed by atoms with Crippen LogP contribution in [0.25, 0.3) is 0 Å². The predicted molar refractivity (Wildman–Crippen MR) is 98.8 cm³/mol. The van der Waals surface area contributed by atoms with Crippen LogP contribution >= 0.6 is 0 Å². The van der Waals surface area contributed by atoms with Gasteiger partial charge in [-0.3, -0.25) is 4.90 Å². The van der Waals surface area contributed by atoms with Crippen LogP contribution < -0.4 is 9.47 Å². The summed E-state index contributed by atoms with van der Waals surface area (Å²) in [6, 6.07) is 4.29. The van der Waals surface area contributed by atoms with E-state index in [0.29, 0.717) is 5.92 Å². The summed E-state index contributed by atoms with van der Waals surface area (Å²) in [6.45, 7) is 9.48. The third-order valence-corrected chi connectivity index (χ3v) is 5.43.